The van der Waals surface area contributed by atoms with Crippen LogP contribution in [-0.4, -0.2) is 16.9 Å². The van der Waals surface area contributed by atoms with Crippen LogP contribution in [0.2, 0.25) is 0 Å². The summed E-state index contributed by atoms with van der Waals surface area (Å²) < 4.78 is 5.78. The molecule has 2 unspecified atom stereocenters. The SMILES string of the molecule is CC(C)Oc1ccc(C2CC(=O)C3=C(C2)Nc2ccccc2NC3c2ccccn2)cc1. The van der Waals surface area contributed by atoms with Crippen molar-refractivity contribution in [3.8, 4) is 5.75 Å². The summed E-state index contributed by atoms with van der Waals surface area (Å²) in [7, 11) is 0. The van der Waals surface area contributed by atoms with Gasteiger partial charge in [-0.3, -0.25) is 9.78 Å². The van der Waals surface area contributed by atoms with E-state index in [2.05, 4.69) is 27.8 Å². The van der Waals surface area contributed by atoms with Gasteiger partial charge in [0, 0.05) is 23.9 Å². The number of carbonyl (C=O) groups excluding carboxylic acids is 1. The van der Waals surface area contributed by atoms with Crippen molar-refractivity contribution in [3.63, 3.8) is 0 Å². The highest BCUT2D eigenvalue weighted by Gasteiger charge is 2.36. The van der Waals surface area contributed by atoms with Crippen molar-refractivity contribution in [2.45, 2.75) is 44.8 Å². The number of aromatic nitrogens is 1. The van der Waals surface area contributed by atoms with Gasteiger partial charge in [-0.25, -0.2) is 0 Å². The normalized spacial score (nSPS) is 20.0. The van der Waals surface area contributed by atoms with Crippen LogP contribution in [0.5, 0.6) is 5.75 Å². The summed E-state index contributed by atoms with van der Waals surface area (Å²) in [6.07, 6.45) is 3.16. The molecule has 0 bridgehead atoms. The lowest BCUT2D eigenvalue weighted by molar-refractivity contribution is -0.116. The molecular weight excluding hydrogens is 398 g/mol. The second-order valence-corrected chi connectivity index (χ2v) is 8.66. The number of ketones is 1. The Kier molecular flexibility index (Phi) is 5.39. The molecule has 0 amide bonds. The van der Waals surface area contributed by atoms with Gasteiger partial charge in [0.2, 0.25) is 0 Å². The van der Waals surface area contributed by atoms with Crippen molar-refractivity contribution in [2.75, 3.05) is 10.6 Å². The van der Waals surface area contributed by atoms with Crippen molar-refractivity contribution in [3.05, 3.63) is 95.5 Å². The van der Waals surface area contributed by atoms with Gasteiger partial charge in [-0.1, -0.05) is 30.3 Å². The van der Waals surface area contributed by atoms with Crippen molar-refractivity contribution >= 4 is 17.2 Å². The number of fused-ring (bicyclic) bond motifs is 1. The molecule has 5 nitrogen and oxygen atoms in total. The summed E-state index contributed by atoms with van der Waals surface area (Å²) in [6, 6.07) is 21.8. The molecule has 2 N–H and O–H groups in total. The zero-order valence-electron chi connectivity index (χ0n) is 18.3. The van der Waals surface area contributed by atoms with Gasteiger partial charge < -0.3 is 15.4 Å². The Morgan fingerprint density at radius 2 is 1.69 bits per heavy atom. The van der Waals surface area contributed by atoms with Crippen LogP contribution in [0, 0.1) is 0 Å². The number of carbonyl (C=O) groups is 1. The number of rotatable bonds is 4. The number of pyridine rings is 1. The molecule has 1 aliphatic heterocycles. The topological polar surface area (TPSA) is 63.2 Å². The molecule has 5 rings (SSSR count). The summed E-state index contributed by atoms with van der Waals surface area (Å²) in [4.78, 5) is 18.1. The van der Waals surface area contributed by atoms with E-state index >= 15 is 0 Å². The number of Topliss-reactive ketones (excluding diaryl/α,β-unsaturated/α-hetero) is 1. The van der Waals surface area contributed by atoms with E-state index < -0.39 is 0 Å². The third-order valence-electron chi connectivity index (χ3n) is 6.02. The van der Waals surface area contributed by atoms with E-state index in [1.807, 2.05) is 68.4 Å². The highest BCUT2D eigenvalue weighted by molar-refractivity contribution is 6.01. The maximum absolute atomic E-state index is 13.5. The third-order valence-corrected chi connectivity index (χ3v) is 6.02. The molecule has 0 radical (unpaired) electrons. The Balaban J connectivity index is 1.51. The number of nitrogens with one attached hydrogen (secondary N) is 2. The van der Waals surface area contributed by atoms with E-state index in [4.69, 9.17) is 4.74 Å². The largest absolute Gasteiger partial charge is 0.491 e. The Morgan fingerprint density at radius 3 is 2.41 bits per heavy atom. The molecule has 2 atom stereocenters. The summed E-state index contributed by atoms with van der Waals surface area (Å²) >= 11 is 0. The highest BCUT2D eigenvalue weighted by atomic mass is 16.5. The van der Waals surface area contributed by atoms with Gasteiger partial charge in [0.1, 0.15) is 5.75 Å². The number of hydrogen-bond donors (Lipinski definition) is 2. The molecule has 0 spiro atoms. The minimum Gasteiger partial charge on any atom is -0.491 e. The summed E-state index contributed by atoms with van der Waals surface area (Å²) in [5.74, 6) is 1.13. The number of allylic oxidation sites excluding steroid dienone is 1. The number of hydrogen-bond acceptors (Lipinski definition) is 5. The smallest absolute Gasteiger partial charge is 0.163 e. The van der Waals surface area contributed by atoms with Crippen molar-refractivity contribution < 1.29 is 9.53 Å². The van der Waals surface area contributed by atoms with Crippen LogP contribution in [0.4, 0.5) is 11.4 Å². The fraction of sp³-hybridized carbons (Fsp3) is 0.259. The zero-order valence-corrected chi connectivity index (χ0v) is 18.3. The molecule has 1 aliphatic carbocycles. The number of para-hydroxylation sites is 2. The summed E-state index contributed by atoms with van der Waals surface area (Å²) in [5.41, 5.74) is 5.71. The molecule has 0 saturated carbocycles. The Bertz CT molecular complexity index is 1150. The van der Waals surface area contributed by atoms with Crippen LogP contribution in [0.3, 0.4) is 0 Å². The molecule has 1 aromatic heterocycles. The molecule has 32 heavy (non-hydrogen) atoms. The van der Waals surface area contributed by atoms with Crippen molar-refractivity contribution in [1.29, 1.82) is 0 Å². The van der Waals surface area contributed by atoms with E-state index in [1.54, 1.807) is 6.20 Å². The van der Waals surface area contributed by atoms with Gasteiger partial charge in [-0.05, 0) is 68.1 Å². The lowest BCUT2D eigenvalue weighted by Crippen LogP contribution is -2.27. The van der Waals surface area contributed by atoms with E-state index in [1.165, 1.54) is 0 Å². The Hall–Kier alpha value is -3.60. The van der Waals surface area contributed by atoms with E-state index in [-0.39, 0.29) is 23.8 Å². The molecule has 2 heterocycles. The summed E-state index contributed by atoms with van der Waals surface area (Å²) in [5, 5.41) is 7.14. The fourth-order valence-corrected chi connectivity index (χ4v) is 4.59. The minimum atomic E-state index is -0.280. The molecule has 2 aromatic carbocycles. The first kappa shape index (κ1) is 20.3. The molecule has 162 valence electrons. The van der Waals surface area contributed by atoms with Gasteiger partial charge >= 0.3 is 0 Å². The molecule has 0 saturated heterocycles. The predicted molar refractivity (Wildman–Crippen MR) is 127 cm³/mol. The highest BCUT2D eigenvalue weighted by Crippen LogP contribution is 2.43. The maximum Gasteiger partial charge on any atom is 0.163 e. The van der Waals surface area contributed by atoms with Crippen LogP contribution < -0.4 is 15.4 Å². The van der Waals surface area contributed by atoms with Gasteiger partial charge in [0.15, 0.2) is 5.78 Å². The van der Waals surface area contributed by atoms with E-state index in [9.17, 15) is 4.79 Å². The predicted octanol–water partition coefficient (Wildman–Crippen LogP) is 5.85. The number of nitrogens with zero attached hydrogens (tertiary/aromatic N) is 1. The number of anilines is 2. The van der Waals surface area contributed by atoms with E-state index in [0.29, 0.717) is 6.42 Å². The van der Waals surface area contributed by atoms with E-state index in [0.717, 1.165) is 46.1 Å². The van der Waals surface area contributed by atoms with Gasteiger partial charge in [-0.2, -0.15) is 0 Å². The van der Waals surface area contributed by atoms with Crippen LogP contribution in [0.25, 0.3) is 0 Å². The van der Waals surface area contributed by atoms with Gasteiger partial charge in [-0.15, -0.1) is 0 Å². The van der Waals surface area contributed by atoms with Crippen molar-refractivity contribution in [2.24, 2.45) is 0 Å². The standard InChI is InChI=1S/C27H27N3O2/c1-17(2)32-20-12-10-18(11-13-20)19-15-24-26(25(31)16-19)27(23-9-5-6-14-28-23)30-22-8-4-3-7-21(22)29-24/h3-14,17,19,27,29-30H,15-16H2,1-2H3. The lowest BCUT2D eigenvalue weighted by Gasteiger charge is -2.29. The first-order chi connectivity index (χ1) is 15.6. The molecular formula is C27H27N3O2. The zero-order chi connectivity index (χ0) is 22.1. The second-order valence-electron chi connectivity index (χ2n) is 8.66. The second kappa shape index (κ2) is 8.50. The van der Waals surface area contributed by atoms with Crippen LogP contribution in [0.1, 0.15) is 49.9 Å². The lowest BCUT2D eigenvalue weighted by atomic mass is 9.79. The first-order valence-electron chi connectivity index (χ1n) is 11.1. The maximum atomic E-state index is 13.5. The Morgan fingerprint density at radius 1 is 0.938 bits per heavy atom. The van der Waals surface area contributed by atoms with Crippen LogP contribution in [-0.2, 0) is 4.79 Å². The van der Waals surface area contributed by atoms with Crippen LogP contribution in [0.15, 0.2) is 84.2 Å². The monoisotopic (exact) mass is 425 g/mol. The first-order valence-corrected chi connectivity index (χ1v) is 11.1. The number of ether oxygens (including phenoxy) is 1. The number of benzene rings is 2. The van der Waals surface area contributed by atoms with Crippen molar-refractivity contribution in [1.82, 2.24) is 4.98 Å². The molecule has 5 heteroatoms. The quantitative estimate of drug-likeness (QED) is 0.549. The van der Waals surface area contributed by atoms with Gasteiger partial charge in [0.25, 0.3) is 0 Å². The fourth-order valence-electron chi connectivity index (χ4n) is 4.59. The summed E-state index contributed by atoms with van der Waals surface area (Å²) in [6.45, 7) is 4.03. The Labute approximate surface area is 188 Å². The third kappa shape index (κ3) is 3.98. The average molecular weight is 426 g/mol. The average Bonchev–Trinajstić information content (AvgIpc) is 2.96. The van der Waals surface area contributed by atoms with Gasteiger partial charge in [0.05, 0.1) is 29.2 Å². The molecule has 0 fully saturated rings. The van der Waals surface area contributed by atoms with Crippen LogP contribution >= 0.6 is 0 Å². The molecule has 2 aliphatic rings. The minimum absolute atomic E-state index is 0.122. The molecule has 3 aromatic rings.